The normalized spacial score (nSPS) is 15.5. The Bertz CT molecular complexity index is 813. The van der Waals surface area contributed by atoms with Crippen LogP contribution in [0.4, 0.5) is 8.78 Å². The van der Waals surface area contributed by atoms with Crippen LogP contribution in [0.3, 0.4) is 0 Å². The third-order valence-corrected chi connectivity index (χ3v) is 4.92. The lowest BCUT2D eigenvalue weighted by atomic mass is 9.72. The van der Waals surface area contributed by atoms with Crippen molar-refractivity contribution in [2.75, 3.05) is 19.7 Å². The highest BCUT2D eigenvalue weighted by atomic mass is 19.3. The molecule has 0 saturated carbocycles. The van der Waals surface area contributed by atoms with E-state index in [0.717, 1.165) is 6.92 Å². The van der Waals surface area contributed by atoms with Gasteiger partial charge in [0.2, 0.25) is 11.8 Å². The van der Waals surface area contributed by atoms with E-state index in [1.54, 1.807) is 12.1 Å². The van der Waals surface area contributed by atoms with Crippen LogP contribution < -0.4 is 9.97 Å². The zero-order valence-electron chi connectivity index (χ0n) is 17.8. The van der Waals surface area contributed by atoms with Crippen molar-refractivity contribution in [1.82, 2.24) is 10.2 Å². The minimum atomic E-state index is -2.96. The highest BCUT2D eigenvalue weighted by Gasteiger charge is 2.38. The second-order valence-electron chi connectivity index (χ2n) is 7.39. The second kappa shape index (κ2) is 10.6. The molecule has 0 aromatic heterocycles. The predicted molar refractivity (Wildman–Crippen MR) is 109 cm³/mol. The number of carbonyl (C=O) groups is 3. The molecule has 0 aliphatic carbocycles. The topological polar surface area (TPSA) is 105 Å². The standard InChI is InChI=1S/C20H27BF2N2O6/c1-4-25(5-2)17(27)12-30-19(28)14-8-6-7-13-11-15(21(29)31-18(13)14)24-16(26)9-10-20(3,22)23/h6-8,15,29H,4-5,9-12H2,1-3H3,(H,24,26)/t15-/m0/s1. The van der Waals surface area contributed by atoms with E-state index in [9.17, 15) is 28.2 Å². The number of esters is 1. The molecule has 1 aliphatic heterocycles. The van der Waals surface area contributed by atoms with Gasteiger partial charge in [0.05, 0.1) is 5.94 Å². The number of ether oxygens (including phenoxy) is 1. The lowest BCUT2D eigenvalue weighted by Gasteiger charge is -2.29. The van der Waals surface area contributed by atoms with Crippen molar-refractivity contribution in [3.8, 4) is 5.75 Å². The summed E-state index contributed by atoms with van der Waals surface area (Å²) in [5.41, 5.74) is 0.570. The number of fused-ring (bicyclic) bond motifs is 1. The fourth-order valence-corrected chi connectivity index (χ4v) is 3.19. The largest absolute Gasteiger partial charge is 0.547 e. The van der Waals surface area contributed by atoms with Gasteiger partial charge in [-0.05, 0) is 38.8 Å². The molecule has 1 aromatic rings. The number of para-hydroxylation sites is 1. The Labute approximate surface area is 180 Å². The van der Waals surface area contributed by atoms with Gasteiger partial charge in [0, 0.05) is 25.9 Å². The molecule has 1 aliphatic rings. The molecule has 1 heterocycles. The van der Waals surface area contributed by atoms with Crippen LogP contribution in [-0.4, -0.2) is 66.4 Å². The average Bonchev–Trinajstić information content (AvgIpc) is 2.71. The number of nitrogens with zero attached hydrogens (tertiary/aromatic N) is 1. The van der Waals surface area contributed by atoms with Crippen molar-refractivity contribution >= 4 is 24.9 Å². The van der Waals surface area contributed by atoms with Gasteiger partial charge in [-0.3, -0.25) is 9.59 Å². The number of benzene rings is 1. The SMILES string of the molecule is CCN(CC)C(=O)COC(=O)c1cccc2c1OB(O)[C@@H](NC(=O)CCC(C)(F)F)C2. The molecule has 2 rings (SSSR count). The van der Waals surface area contributed by atoms with Gasteiger partial charge in [-0.15, -0.1) is 0 Å². The molecular formula is C20H27BF2N2O6. The Kier molecular flexibility index (Phi) is 8.38. The Morgan fingerprint density at radius 3 is 2.61 bits per heavy atom. The summed E-state index contributed by atoms with van der Waals surface area (Å²) in [5, 5.41) is 12.7. The van der Waals surface area contributed by atoms with Gasteiger partial charge in [0.15, 0.2) is 6.61 Å². The number of likely N-dealkylation sites (N-methyl/N-ethyl adjacent to an activating group) is 1. The van der Waals surface area contributed by atoms with Crippen molar-refractivity contribution in [3.05, 3.63) is 29.3 Å². The number of rotatable bonds is 9. The van der Waals surface area contributed by atoms with Gasteiger partial charge >= 0.3 is 13.1 Å². The van der Waals surface area contributed by atoms with Gasteiger partial charge in [0.25, 0.3) is 5.91 Å². The third kappa shape index (κ3) is 6.91. The van der Waals surface area contributed by atoms with E-state index < -0.39 is 50.3 Å². The van der Waals surface area contributed by atoms with Crippen LogP contribution in [0.2, 0.25) is 0 Å². The second-order valence-corrected chi connectivity index (χ2v) is 7.39. The molecule has 1 aromatic carbocycles. The Balaban J connectivity index is 2.04. The Morgan fingerprint density at radius 2 is 2.00 bits per heavy atom. The minimum absolute atomic E-state index is 0.0410. The molecule has 2 N–H and O–H groups in total. The first kappa shape index (κ1) is 24.6. The first-order valence-corrected chi connectivity index (χ1v) is 10.1. The molecule has 8 nitrogen and oxygen atoms in total. The summed E-state index contributed by atoms with van der Waals surface area (Å²) in [4.78, 5) is 37.9. The summed E-state index contributed by atoms with van der Waals surface area (Å²) in [7, 11) is -1.48. The number of alkyl halides is 2. The molecule has 0 radical (unpaired) electrons. The van der Waals surface area contributed by atoms with Crippen LogP contribution in [0.1, 0.15) is 49.5 Å². The first-order chi connectivity index (χ1) is 14.6. The summed E-state index contributed by atoms with van der Waals surface area (Å²) >= 11 is 0. The number of hydrogen-bond acceptors (Lipinski definition) is 6. The van der Waals surface area contributed by atoms with E-state index in [-0.39, 0.29) is 23.6 Å². The van der Waals surface area contributed by atoms with Crippen LogP contribution in [0, 0.1) is 0 Å². The van der Waals surface area contributed by atoms with Crippen molar-refractivity contribution in [2.24, 2.45) is 0 Å². The van der Waals surface area contributed by atoms with Crippen LogP contribution >= 0.6 is 0 Å². The molecule has 31 heavy (non-hydrogen) atoms. The van der Waals surface area contributed by atoms with Crippen LogP contribution in [0.5, 0.6) is 5.75 Å². The highest BCUT2D eigenvalue weighted by molar-refractivity contribution is 6.47. The molecular weight excluding hydrogens is 413 g/mol. The van der Waals surface area contributed by atoms with Crippen molar-refractivity contribution < 1.29 is 37.6 Å². The molecule has 2 amide bonds. The number of halogens is 2. The minimum Gasteiger partial charge on any atom is -0.534 e. The lowest BCUT2D eigenvalue weighted by Crippen LogP contribution is -2.53. The fourth-order valence-electron chi connectivity index (χ4n) is 3.19. The molecule has 0 unspecified atom stereocenters. The van der Waals surface area contributed by atoms with E-state index in [4.69, 9.17) is 9.39 Å². The Hall–Kier alpha value is -2.69. The summed E-state index contributed by atoms with van der Waals surface area (Å²) < 4.78 is 36.4. The number of nitrogens with one attached hydrogen (secondary N) is 1. The van der Waals surface area contributed by atoms with Gasteiger partial charge in [-0.1, -0.05) is 12.1 Å². The number of amides is 2. The molecule has 11 heteroatoms. The van der Waals surface area contributed by atoms with E-state index >= 15 is 0 Å². The summed E-state index contributed by atoms with van der Waals surface area (Å²) in [6.45, 7) is 4.92. The van der Waals surface area contributed by atoms with Gasteiger partial charge < -0.3 is 24.6 Å². The quantitative estimate of drug-likeness (QED) is 0.447. The summed E-state index contributed by atoms with van der Waals surface area (Å²) in [5.74, 6) is -5.47. The van der Waals surface area contributed by atoms with Crippen LogP contribution in [0.25, 0.3) is 0 Å². The van der Waals surface area contributed by atoms with E-state index in [0.29, 0.717) is 18.7 Å². The van der Waals surface area contributed by atoms with Crippen molar-refractivity contribution in [3.63, 3.8) is 0 Å². The van der Waals surface area contributed by atoms with E-state index in [2.05, 4.69) is 5.32 Å². The van der Waals surface area contributed by atoms with Crippen LogP contribution in [-0.2, 0) is 20.7 Å². The smallest absolute Gasteiger partial charge is 0.534 e. The van der Waals surface area contributed by atoms with E-state index in [1.165, 1.54) is 11.0 Å². The fraction of sp³-hybridized carbons (Fsp3) is 0.550. The summed E-state index contributed by atoms with van der Waals surface area (Å²) in [6.07, 6.45) is -0.877. The molecule has 0 bridgehead atoms. The molecule has 1 atom stereocenters. The third-order valence-electron chi connectivity index (χ3n) is 4.92. The van der Waals surface area contributed by atoms with E-state index in [1.807, 2.05) is 13.8 Å². The average molecular weight is 440 g/mol. The van der Waals surface area contributed by atoms with Crippen LogP contribution in [0.15, 0.2) is 18.2 Å². The van der Waals surface area contributed by atoms with Crippen molar-refractivity contribution in [2.45, 2.75) is 51.9 Å². The predicted octanol–water partition coefficient (Wildman–Crippen LogP) is 1.59. The van der Waals surface area contributed by atoms with Gasteiger partial charge in [-0.25, -0.2) is 13.6 Å². The monoisotopic (exact) mass is 440 g/mol. The molecule has 170 valence electrons. The van der Waals surface area contributed by atoms with Crippen molar-refractivity contribution in [1.29, 1.82) is 0 Å². The molecule has 0 spiro atoms. The maximum absolute atomic E-state index is 12.9. The first-order valence-electron chi connectivity index (χ1n) is 10.1. The summed E-state index contributed by atoms with van der Waals surface area (Å²) in [6, 6.07) is 4.68. The zero-order chi connectivity index (χ0) is 23.2. The molecule has 0 fully saturated rings. The van der Waals surface area contributed by atoms with Gasteiger partial charge in [0.1, 0.15) is 11.3 Å². The number of hydrogen-bond donors (Lipinski definition) is 2. The maximum atomic E-state index is 12.9. The number of carbonyl (C=O) groups excluding carboxylic acids is 3. The molecule has 0 saturated heterocycles. The lowest BCUT2D eigenvalue weighted by molar-refractivity contribution is -0.134. The highest BCUT2D eigenvalue weighted by Crippen LogP contribution is 2.30. The Morgan fingerprint density at radius 1 is 1.32 bits per heavy atom. The van der Waals surface area contributed by atoms with Gasteiger partial charge in [-0.2, -0.15) is 0 Å². The zero-order valence-corrected chi connectivity index (χ0v) is 17.8. The maximum Gasteiger partial charge on any atom is 0.547 e.